The van der Waals surface area contributed by atoms with E-state index in [1.165, 1.54) is 0 Å². The number of nitrogens with zero attached hydrogens (tertiary/aromatic N) is 1. The number of carbonyl (C=O) groups is 1. The fourth-order valence-corrected chi connectivity index (χ4v) is 2.14. The zero-order valence-corrected chi connectivity index (χ0v) is 10.3. The van der Waals surface area contributed by atoms with Crippen molar-refractivity contribution in [3.63, 3.8) is 0 Å². The van der Waals surface area contributed by atoms with E-state index in [2.05, 4.69) is 10.3 Å². The molecule has 2 radical (unpaired) electrons. The van der Waals surface area contributed by atoms with Crippen molar-refractivity contribution in [1.82, 2.24) is 0 Å². The lowest BCUT2D eigenvalue weighted by molar-refractivity contribution is -0.114. The summed E-state index contributed by atoms with van der Waals surface area (Å²) in [7, 11) is 5.84. The highest BCUT2D eigenvalue weighted by Crippen LogP contribution is 2.21. The number of anilines is 1. The SMILES string of the molecule is [B]c1ccc2c(c1)C(c1ccccc1)=NCC(=O)N2. The van der Waals surface area contributed by atoms with Crippen molar-refractivity contribution >= 4 is 30.6 Å². The van der Waals surface area contributed by atoms with Crippen molar-refractivity contribution in [2.45, 2.75) is 0 Å². The smallest absolute Gasteiger partial charge is 0.246 e. The van der Waals surface area contributed by atoms with Crippen molar-refractivity contribution in [2.24, 2.45) is 4.99 Å². The first-order chi connectivity index (χ1) is 9.24. The summed E-state index contributed by atoms with van der Waals surface area (Å²) in [6.07, 6.45) is 0. The normalized spacial score (nSPS) is 14.1. The molecule has 4 heteroatoms. The van der Waals surface area contributed by atoms with Gasteiger partial charge in [0.25, 0.3) is 0 Å². The molecular weight excluding hydrogens is 235 g/mol. The Hall–Kier alpha value is -2.36. The molecule has 0 saturated carbocycles. The molecule has 3 rings (SSSR count). The molecule has 1 N–H and O–H groups in total. The van der Waals surface area contributed by atoms with Gasteiger partial charge in [0.15, 0.2) is 0 Å². The third-order valence-corrected chi connectivity index (χ3v) is 3.00. The highest BCUT2D eigenvalue weighted by Gasteiger charge is 2.17. The maximum absolute atomic E-state index is 11.7. The fraction of sp³-hybridized carbons (Fsp3) is 0.0667. The minimum absolute atomic E-state index is 0.114. The Bertz CT molecular complexity index is 665. The lowest BCUT2D eigenvalue weighted by Crippen LogP contribution is -2.14. The number of nitrogens with one attached hydrogen (secondary N) is 1. The van der Waals surface area contributed by atoms with E-state index >= 15 is 0 Å². The van der Waals surface area contributed by atoms with Gasteiger partial charge in [0.1, 0.15) is 14.4 Å². The van der Waals surface area contributed by atoms with Gasteiger partial charge in [0, 0.05) is 11.1 Å². The summed E-state index contributed by atoms with van der Waals surface area (Å²) in [5.41, 5.74) is 4.03. The molecule has 0 aliphatic carbocycles. The summed E-state index contributed by atoms with van der Waals surface area (Å²) < 4.78 is 0. The minimum Gasteiger partial charge on any atom is -0.324 e. The van der Waals surface area contributed by atoms with Crippen LogP contribution in [0.2, 0.25) is 0 Å². The molecule has 0 atom stereocenters. The van der Waals surface area contributed by atoms with E-state index in [0.717, 1.165) is 22.5 Å². The number of benzene rings is 2. The van der Waals surface area contributed by atoms with Crippen LogP contribution in [0.15, 0.2) is 53.5 Å². The van der Waals surface area contributed by atoms with Crippen LogP contribution in [0.25, 0.3) is 0 Å². The Labute approximate surface area is 112 Å². The van der Waals surface area contributed by atoms with Crippen molar-refractivity contribution in [3.05, 3.63) is 59.7 Å². The summed E-state index contributed by atoms with van der Waals surface area (Å²) >= 11 is 0. The van der Waals surface area contributed by atoms with Crippen LogP contribution >= 0.6 is 0 Å². The van der Waals surface area contributed by atoms with Crippen LogP contribution in [0.4, 0.5) is 5.69 Å². The third kappa shape index (κ3) is 2.29. The lowest BCUT2D eigenvalue weighted by atomic mass is 9.90. The second kappa shape index (κ2) is 4.73. The molecule has 0 bridgehead atoms. The second-order valence-corrected chi connectivity index (χ2v) is 4.38. The molecule has 0 aromatic heterocycles. The van der Waals surface area contributed by atoms with E-state index in [4.69, 9.17) is 7.85 Å². The van der Waals surface area contributed by atoms with Gasteiger partial charge in [-0.3, -0.25) is 9.79 Å². The molecule has 90 valence electrons. The Morgan fingerprint density at radius 3 is 2.68 bits per heavy atom. The maximum Gasteiger partial charge on any atom is 0.246 e. The summed E-state index contributed by atoms with van der Waals surface area (Å²) in [6.45, 7) is 0.124. The zero-order valence-electron chi connectivity index (χ0n) is 10.3. The number of hydrogen-bond donors (Lipinski definition) is 1. The Kier molecular flexibility index (Phi) is 2.92. The van der Waals surface area contributed by atoms with Crippen molar-refractivity contribution in [1.29, 1.82) is 0 Å². The second-order valence-electron chi connectivity index (χ2n) is 4.38. The van der Waals surface area contributed by atoms with Gasteiger partial charge >= 0.3 is 0 Å². The van der Waals surface area contributed by atoms with Crippen molar-refractivity contribution < 1.29 is 4.79 Å². The standard InChI is InChI=1S/C15H11BN2O/c16-11-6-7-13-12(8-11)15(17-9-14(19)18-13)10-4-2-1-3-5-10/h1-8H,9H2,(H,18,19). The average molecular weight is 246 g/mol. The van der Waals surface area contributed by atoms with Crippen LogP contribution in [0.1, 0.15) is 11.1 Å². The van der Waals surface area contributed by atoms with Crippen LogP contribution < -0.4 is 10.8 Å². The number of fused-ring (bicyclic) bond motifs is 1. The van der Waals surface area contributed by atoms with Gasteiger partial charge in [-0.15, -0.1) is 0 Å². The molecule has 1 heterocycles. The van der Waals surface area contributed by atoms with Gasteiger partial charge < -0.3 is 5.32 Å². The predicted octanol–water partition coefficient (Wildman–Crippen LogP) is 1.27. The molecule has 2 aromatic carbocycles. The zero-order chi connectivity index (χ0) is 13.2. The van der Waals surface area contributed by atoms with Crippen LogP contribution in [0, 0.1) is 0 Å². The first-order valence-electron chi connectivity index (χ1n) is 6.03. The molecule has 2 aromatic rings. The maximum atomic E-state index is 11.7. The van der Waals surface area contributed by atoms with E-state index < -0.39 is 0 Å². The molecule has 0 saturated heterocycles. The molecule has 19 heavy (non-hydrogen) atoms. The first-order valence-corrected chi connectivity index (χ1v) is 6.03. The topological polar surface area (TPSA) is 41.5 Å². The summed E-state index contributed by atoms with van der Waals surface area (Å²) in [5, 5.41) is 2.84. The van der Waals surface area contributed by atoms with E-state index in [1.807, 2.05) is 42.5 Å². The molecule has 3 nitrogen and oxygen atoms in total. The number of rotatable bonds is 1. The van der Waals surface area contributed by atoms with Crippen molar-refractivity contribution in [3.8, 4) is 0 Å². The molecule has 0 unspecified atom stereocenters. The van der Waals surface area contributed by atoms with Crippen LogP contribution in [0.3, 0.4) is 0 Å². The number of aliphatic imine (C=N–C) groups is 1. The molecule has 1 aliphatic heterocycles. The van der Waals surface area contributed by atoms with Gasteiger partial charge in [-0.1, -0.05) is 47.9 Å². The Morgan fingerprint density at radius 1 is 1.11 bits per heavy atom. The molecule has 1 amide bonds. The number of amides is 1. The molecular formula is C15H11BN2O. The molecule has 0 fully saturated rings. The van der Waals surface area contributed by atoms with Crippen LogP contribution in [-0.2, 0) is 4.79 Å². The summed E-state index contributed by atoms with van der Waals surface area (Å²) in [4.78, 5) is 16.1. The molecule has 1 aliphatic rings. The van der Waals surface area contributed by atoms with E-state index in [1.54, 1.807) is 6.07 Å². The fourth-order valence-electron chi connectivity index (χ4n) is 2.14. The van der Waals surface area contributed by atoms with E-state index in [9.17, 15) is 4.79 Å². The molecule has 0 spiro atoms. The monoisotopic (exact) mass is 246 g/mol. The van der Waals surface area contributed by atoms with E-state index in [0.29, 0.717) is 5.46 Å². The number of benzodiazepines with no additional fused rings is 1. The first kappa shape index (κ1) is 11.7. The number of carbonyl (C=O) groups excluding carboxylic acids is 1. The van der Waals surface area contributed by atoms with Gasteiger partial charge in [-0.05, 0) is 6.07 Å². The average Bonchev–Trinajstić information content (AvgIpc) is 2.58. The largest absolute Gasteiger partial charge is 0.324 e. The van der Waals surface area contributed by atoms with Gasteiger partial charge in [0.05, 0.1) is 11.4 Å². The van der Waals surface area contributed by atoms with E-state index in [-0.39, 0.29) is 12.5 Å². The summed E-state index contributed by atoms with van der Waals surface area (Å²) in [6, 6.07) is 15.2. The van der Waals surface area contributed by atoms with Gasteiger partial charge in [0.2, 0.25) is 5.91 Å². The quantitative estimate of drug-likeness (QED) is 0.756. The summed E-state index contributed by atoms with van der Waals surface area (Å²) in [5.74, 6) is -0.114. The Balaban J connectivity index is 2.20. The van der Waals surface area contributed by atoms with Crippen LogP contribution in [-0.4, -0.2) is 26.0 Å². The highest BCUT2D eigenvalue weighted by atomic mass is 16.1. The Morgan fingerprint density at radius 2 is 1.89 bits per heavy atom. The predicted molar refractivity (Wildman–Crippen MR) is 77.4 cm³/mol. The third-order valence-electron chi connectivity index (χ3n) is 3.00. The lowest BCUT2D eigenvalue weighted by Gasteiger charge is -2.11. The minimum atomic E-state index is -0.114. The van der Waals surface area contributed by atoms with Crippen molar-refractivity contribution in [2.75, 3.05) is 11.9 Å². The highest BCUT2D eigenvalue weighted by molar-refractivity contribution is 6.33. The van der Waals surface area contributed by atoms with Gasteiger partial charge in [-0.2, -0.15) is 0 Å². The van der Waals surface area contributed by atoms with Crippen LogP contribution in [0.5, 0.6) is 0 Å². The number of hydrogen-bond acceptors (Lipinski definition) is 2. The van der Waals surface area contributed by atoms with Gasteiger partial charge in [-0.25, -0.2) is 0 Å².